The number of phosphoric ester groups is 2. The molecule has 0 aliphatic carbocycles. The molecule has 0 spiro atoms. The summed E-state index contributed by atoms with van der Waals surface area (Å²) in [4.78, 5) is 62.6. The van der Waals surface area contributed by atoms with Crippen LogP contribution in [-0.4, -0.2) is 136 Å². The molecule has 25 nitrogen and oxygen atoms in total. The monoisotopic (exact) mass is 999 g/mol. The van der Waals surface area contributed by atoms with Crippen molar-refractivity contribution in [3.8, 4) is 5.75 Å². The Labute approximate surface area is 392 Å². The van der Waals surface area contributed by atoms with Gasteiger partial charge < -0.3 is 55.1 Å². The lowest BCUT2D eigenvalue weighted by atomic mass is 10.1. The number of ether oxygens (including phenoxy) is 3. The van der Waals surface area contributed by atoms with Crippen LogP contribution >= 0.6 is 15.6 Å². The smallest absolute Gasteiger partial charge is 0.481 e. The van der Waals surface area contributed by atoms with Crippen LogP contribution in [0.3, 0.4) is 0 Å². The molecule has 1 amide bonds. The van der Waals surface area contributed by atoms with E-state index < -0.39 is 77.9 Å². The molecule has 2 saturated heterocycles. The van der Waals surface area contributed by atoms with Gasteiger partial charge in [-0.1, -0.05) is 18.2 Å². The first-order chi connectivity index (χ1) is 33.0. The number of carbonyl (C=O) groups excluding carboxylic acids is 2. The van der Waals surface area contributed by atoms with Crippen LogP contribution in [0, 0.1) is 0 Å². The lowest BCUT2D eigenvalue weighted by Crippen LogP contribution is -2.46. The predicted octanol–water partition coefficient (Wildman–Crippen LogP) is 0.902. The first-order valence-electron chi connectivity index (χ1n) is 21.8. The minimum absolute atomic E-state index is 0.168. The van der Waals surface area contributed by atoms with Crippen molar-refractivity contribution in [3.05, 3.63) is 85.2 Å². The van der Waals surface area contributed by atoms with Crippen LogP contribution in [-0.2, 0) is 43.3 Å². The number of benzene rings is 2. The number of Topliss-reactive ketones (excluding diaryl/α,β-unsaturated/α-hetero) is 1. The maximum absolute atomic E-state index is 12.7. The van der Waals surface area contributed by atoms with Crippen LogP contribution in [0.15, 0.2) is 79.6 Å². The average Bonchev–Trinajstić information content (AvgIpc) is 3.98. The fourth-order valence-corrected chi connectivity index (χ4v) is 10.1. The number of ketones is 1. The van der Waals surface area contributed by atoms with Gasteiger partial charge in [-0.05, 0) is 38.5 Å². The molecular formula is C42H51N9O16P2+2. The fourth-order valence-electron chi connectivity index (χ4n) is 7.97. The quantitative estimate of drug-likeness (QED) is 0.0163. The number of pyridine rings is 1. The van der Waals surface area contributed by atoms with Crippen molar-refractivity contribution in [1.29, 1.82) is 0 Å². The number of phosphoric acid groups is 2. The van der Waals surface area contributed by atoms with E-state index in [1.54, 1.807) is 0 Å². The molecule has 6 heterocycles. The molecule has 368 valence electrons. The van der Waals surface area contributed by atoms with Gasteiger partial charge in [0.2, 0.25) is 16.9 Å². The average molecular weight is 1000 g/mol. The van der Waals surface area contributed by atoms with Crippen molar-refractivity contribution >= 4 is 66.4 Å². The number of aliphatic hydroxyl groups is 4. The van der Waals surface area contributed by atoms with Crippen molar-refractivity contribution in [1.82, 2.24) is 29.8 Å². The number of hydrogen-bond donors (Lipinski definition) is 8. The van der Waals surface area contributed by atoms with Gasteiger partial charge in [-0.25, -0.2) is 29.1 Å². The molecule has 2 aromatic carbocycles. The second-order valence-corrected chi connectivity index (χ2v) is 19.1. The summed E-state index contributed by atoms with van der Waals surface area (Å²) in [6, 6.07) is 16.7. The molecular weight excluding hydrogens is 948 g/mol. The first kappa shape index (κ1) is 49.9. The number of carbonyl (C=O) groups is 2. The summed E-state index contributed by atoms with van der Waals surface area (Å²) in [6.07, 6.45) is -6.05. The van der Waals surface area contributed by atoms with Gasteiger partial charge in [0.15, 0.2) is 58.8 Å². The number of amides is 1. The number of aliphatic hydroxyl groups excluding tert-OH is 4. The zero-order chi connectivity index (χ0) is 49.0. The van der Waals surface area contributed by atoms with E-state index in [2.05, 4.69) is 41.4 Å². The Hall–Kier alpha value is -5.50. The van der Waals surface area contributed by atoms with Gasteiger partial charge in [0.1, 0.15) is 48.9 Å². The van der Waals surface area contributed by atoms with Gasteiger partial charge in [-0.15, -0.1) is 0 Å². The Morgan fingerprint density at radius 3 is 2.32 bits per heavy atom. The SMILES string of the molecule is CC[n+]1c2ccccc2nc2c(OCCCC(=O)NCCNc3ncnc4c3ncn4C3OC(COP(=O)(O)OP(=O)(O)OCC4OC([n+]5cccc(C(C)=O)c5)C(O)C4O)C(O)C3O)cccc21. The van der Waals surface area contributed by atoms with Crippen LogP contribution in [0.5, 0.6) is 5.75 Å². The molecule has 10 unspecified atom stereocenters. The third-order valence-corrected chi connectivity index (χ3v) is 14.0. The zero-order valence-electron chi connectivity index (χ0n) is 37.1. The minimum atomic E-state index is -5.44. The largest absolute Gasteiger partial charge is 0.491 e. The van der Waals surface area contributed by atoms with Crippen LogP contribution in [0.25, 0.3) is 33.2 Å². The van der Waals surface area contributed by atoms with Crippen molar-refractivity contribution < 1.29 is 85.6 Å². The first-order valence-corrected chi connectivity index (χ1v) is 24.8. The lowest BCUT2D eigenvalue weighted by molar-refractivity contribution is -0.765. The molecule has 10 atom stereocenters. The maximum Gasteiger partial charge on any atom is 0.481 e. The Morgan fingerprint density at radius 2 is 1.57 bits per heavy atom. The molecule has 0 bridgehead atoms. The van der Waals surface area contributed by atoms with E-state index in [1.165, 1.54) is 53.2 Å². The third kappa shape index (κ3) is 11.3. The summed E-state index contributed by atoms with van der Waals surface area (Å²) < 4.78 is 61.6. The number of fused-ring (bicyclic) bond motifs is 3. The van der Waals surface area contributed by atoms with Gasteiger partial charge in [-0.2, -0.15) is 13.4 Å². The van der Waals surface area contributed by atoms with E-state index in [1.807, 2.05) is 42.5 Å². The summed E-state index contributed by atoms with van der Waals surface area (Å²) in [7, 11) is -10.9. The molecule has 27 heteroatoms. The lowest BCUT2D eigenvalue weighted by Gasteiger charge is -2.20. The van der Waals surface area contributed by atoms with Crippen molar-refractivity contribution in [2.24, 2.45) is 0 Å². The van der Waals surface area contributed by atoms with E-state index in [4.69, 9.17) is 28.2 Å². The molecule has 0 radical (unpaired) electrons. The summed E-state index contributed by atoms with van der Waals surface area (Å²) in [5, 5.41) is 48.7. The van der Waals surface area contributed by atoms with Crippen molar-refractivity contribution in [3.63, 3.8) is 0 Å². The molecule has 4 aromatic heterocycles. The van der Waals surface area contributed by atoms with E-state index in [-0.39, 0.29) is 53.7 Å². The minimum Gasteiger partial charge on any atom is -0.491 e. The van der Waals surface area contributed by atoms with Crippen molar-refractivity contribution in [2.75, 3.05) is 38.2 Å². The number of aromatic nitrogens is 7. The molecule has 69 heavy (non-hydrogen) atoms. The van der Waals surface area contributed by atoms with Crippen LogP contribution in [0.1, 0.15) is 49.5 Å². The molecule has 0 saturated carbocycles. The van der Waals surface area contributed by atoms with Gasteiger partial charge in [0.25, 0.3) is 6.23 Å². The number of aryl methyl sites for hydroxylation is 1. The topological polar surface area (TPSA) is 333 Å². The van der Waals surface area contributed by atoms with Gasteiger partial charge in [0.05, 0.1) is 31.7 Å². The highest BCUT2D eigenvalue weighted by Gasteiger charge is 2.50. The molecule has 8 N–H and O–H groups in total. The predicted molar refractivity (Wildman–Crippen MR) is 238 cm³/mol. The highest BCUT2D eigenvalue weighted by atomic mass is 31.3. The van der Waals surface area contributed by atoms with E-state index in [0.717, 1.165) is 28.6 Å². The van der Waals surface area contributed by atoms with E-state index >= 15 is 0 Å². The second kappa shape index (κ2) is 21.2. The maximum atomic E-state index is 12.7. The number of para-hydroxylation sites is 3. The highest BCUT2D eigenvalue weighted by molar-refractivity contribution is 7.61. The number of anilines is 1. The second-order valence-electron chi connectivity index (χ2n) is 16.0. The van der Waals surface area contributed by atoms with Crippen LogP contribution in [0.4, 0.5) is 5.82 Å². The van der Waals surface area contributed by atoms with Crippen LogP contribution in [0.2, 0.25) is 0 Å². The number of imidazole rings is 1. The molecule has 2 aliphatic rings. The number of nitrogens with zero attached hydrogens (tertiary/aromatic N) is 7. The van der Waals surface area contributed by atoms with Crippen molar-refractivity contribution in [2.45, 2.75) is 82.3 Å². The highest BCUT2D eigenvalue weighted by Crippen LogP contribution is 2.61. The van der Waals surface area contributed by atoms with Gasteiger partial charge in [0, 0.05) is 37.7 Å². The Balaban J connectivity index is 0.780. The molecule has 8 rings (SSSR count). The number of hydrogen-bond acceptors (Lipinski definition) is 19. The summed E-state index contributed by atoms with van der Waals surface area (Å²) in [5.74, 6) is 0.461. The molecule has 6 aromatic rings. The normalized spacial score (nSPS) is 24.3. The Morgan fingerprint density at radius 1 is 0.841 bits per heavy atom. The van der Waals surface area contributed by atoms with Crippen LogP contribution < -0.4 is 24.5 Å². The Bertz CT molecular complexity index is 2930. The summed E-state index contributed by atoms with van der Waals surface area (Å²) >= 11 is 0. The number of rotatable bonds is 21. The zero-order valence-corrected chi connectivity index (χ0v) is 38.9. The van der Waals surface area contributed by atoms with E-state index in [0.29, 0.717) is 18.8 Å². The van der Waals surface area contributed by atoms with E-state index in [9.17, 15) is 48.9 Å². The van der Waals surface area contributed by atoms with Gasteiger partial charge >= 0.3 is 15.6 Å². The number of nitrogens with one attached hydrogen (secondary N) is 2. The molecule has 2 fully saturated rings. The fraction of sp³-hybridized carbons (Fsp3) is 0.429. The molecule has 2 aliphatic heterocycles. The third-order valence-electron chi connectivity index (χ3n) is 11.4. The summed E-state index contributed by atoms with van der Waals surface area (Å²) in [5.41, 5.74) is 4.28. The Kier molecular flexibility index (Phi) is 15.4. The summed E-state index contributed by atoms with van der Waals surface area (Å²) in [6.45, 7) is 3.13. The van der Waals surface area contributed by atoms with Gasteiger partial charge in [-0.3, -0.25) is 23.2 Å². The standard InChI is InChI=1S/C42H49N9O16P2/c1-3-50-27-11-5-4-10-26(27)48-33-28(50)12-6-13-29(33)62-18-8-14-32(53)43-15-16-44-39-34-40(46-22-45-39)51(23-47-34)42-38(57)36(55)31(66-42)21-64-69(60,61)67-68(58,59)63-20-30-35(54)37(56)41(65-30)49-17-7-9-25(19-49)24(2)52/h4-7,9-13,17,19,22-23,30-31,35-38,41-42,54-57H,3,8,14-16,18,20-21H2,1-2H3,(H2-2,43,44,45,46,53,58,59,60,61)/p+2.